The summed E-state index contributed by atoms with van der Waals surface area (Å²) in [7, 11) is -3.44. The zero-order valence-electron chi connectivity index (χ0n) is 18.2. The van der Waals surface area contributed by atoms with Gasteiger partial charge in [0.15, 0.2) is 0 Å². The number of rotatable bonds is 9. The van der Waals surface area contributed by atoms with Gasteiger partial charge in [-0.2, -0.15) is 0 Å². The molecule has 2 heterocycles. The van der Waals surface area contributed by atoms with E-state index in [1.165, 1.54) is 13.1 Å². The van der Waals surface area contributed by atoms with Crippen LogP contribution in [0.1, 0.15) is 29.8 Å². The van der Waals surface area contributed by atoms with E-state index in [4.69, 9.17) is 19.5 Å². The summed E-state index contributed by atoms with van der Waals surface area (Å²) in [5.41, 5.74) is 8.25. The maximum Gasteiger partial charge on any atom is 0.404 e. The first-order chi connectivity index (χ1) is 16.1. The van der Waals surface area contributed by atoms with Gasteiger partial charge in [0.25, 0.3) is 5.56 Å². The van der Waals surface area contributed by atoms with Crippen LogP contribution in [0.5, 0.6) is 0 Å². The standard InChI is InChI=1S/C19H23N6O8P/c1-11-9-25(19(28)21-17(11)26)15-8-13(22-24-20)14(33-15)10-32-34(29,30)23-16(18(27)31-2)12-6-4-3-5-7-12/h3-7,9,13-16H,8,10H2,1-2H3,(H,21,26,28)(H2,23,29,30)/t13-,14+,15+,16-/m0/s1. The molecule has 1 aromatic heterocycles. The van der Waals surface area contributed by atoms with Crippen LogP contribution in [0.2, 0.25) is 0 Å². The largest absolute Gasteiger partial charge is 0.468 e. The second-order valence-corrected chi connectivity index (χ2v) is 8.99. The van der Waals surface area contributed by atoms with Crippen molar-refractivity contribution in [3.63, 3.8) is 0 Å². The molecule has 1 aliphatic heterocycles. The van der Waals surface area contributed by atoms with Gasteiger partial charge in [0.2, 0.25) is 0 Å². The number of ether oxygens (including phenoxy) is 2. The van der Waals surface area contributed by atoms with Crippen molar-refractivity contribution in [1.29, 1.82) is 0 Å². The van der Waals surface area contributed by atoms with E-state index in [1.54, 1.807) is 30.3 Å². The minimum Gasteiger partial charge on any atom is -0.468 e. The Morgan fingerprint density at radius 2 is 2.15 bits per heavy atom. The van der Waals surface area contributed by atoms with E-state index in [9.17, 15) is 23.8 Å². The molecule has 182 valence electrons. The molecule has 34 heavy (non-hydrogen) atoms. The number of aromatic nitrogens is 2. The van der Waals surface area contributed by atoms with Crippen molar-refractivity contribution in [2.24, 2.45) is 5.11 Å². The van der Waals surface area contributed by atoms with Crippen LogP contribution in [0.15, 0.2) is 51.2 Å². The number of azide groups is 1. The molecule has 0 saturated carbocycles. The highest BCUT2D eigenvalue weighted by molar-refractivity contribution is 7.50. The van der Waals surface area contributed by atoms with Gasteiger partial charge in [-0.05, 0) is 18.0 Å². The number of benzene rings is 1. The third-order valence-corrected chi connectivity index (χ3v) is 6.22. The SMILES string of the molecule is COC(=O)[C@@H](NP(=O)(O)OC[C@H]1O[C@@H](n2cc(C)c(=O)[nH]c2=O)C[C@@H]1N=[N+]=[N-])c1ccccc1. The molecule has 1 aliphatic rings. The van der Waals surface area contributed by atoms with Crippen LogP contribution in [0, 0.1) is 6.92 Å². The molecule has 0 spiro atoms. The third kappa shape index (κ3) is 6.00. The van der Waals surface area contributed by atoms with Crippen LogP contribution in [-0.2, 0) is 23.4 Å². The Morgan fingerprint density at radius 1 is 1.44 bits per heavy atom. The molecule has 1 fully saturated rings. The van der Waals surface area contributed by atoms with Crippen molar-refractivity contribution in [3.8, 4) is 0 Å². The van der Waals surface area contributed by atoms with Crippen LogP contribution in [0.4, 0.5) is 0 Å². The van der Waals surface area contributed by atoms with E-state index < -0.39 is 56.0 Å². The second kappa shape index (κ2) is 10.8. The number of hydrogen-bond donors (Lipinski definition) is 3. The van der Waals surface area contributed by atoms with Crippen molar-refractivity contribution in [1.82, 2.24) is 14.6 Å². The maximum atomic E-state index is 12.7. The topological polar surface area (TPSA) is 198 Å². The normalized spacial score (nSPS) is 22.4. The Balaban J connectivity index is 1.74. The molecular formula is C19H23N6O8P. The van der Waals surface area contributed by atoms with Crippen molar-refractivity contribution in [2.45, 2.75) is 37.8 Å². The Bertz CT molecular complexity index is 1240. The van der Waals surface area contributed by atoms with Crippen LogP contribution in [-0.4, -0.2) is 46.3 Å². The second-order valence-electron chi connectivity index (χ2n) is 7.43. The summed E-state index contributed by atoms with van der Waals surface area (Å²) in [6.07, 6.45) is -0.538. The lowest BCUT2D eigenvalue weighted by atomic mass is 10.1. The van der Waals surface area contributed by atoms with Crippen LogP contribution in [0.25, 0.3) is 10.4 Å². The highest BCUT2D eigenvalue weighted by Crippen LogP contribution is 2.42. The van der Waals surface area contributed by atoms with E-state index >= 15 is 0 Å². The predicted molar refractivity (Wildman–Crippen MR) is 118 cm³/mol. The number of aryl methyl sites for hydroxylation is 1. The quantitative estimate of drug-likeness (QED) is 0.152. The van der Waals surface area contributed by atoms with Crippen LogP contribution >= 0.6 is 7.75 Å². The lowest BCUT2D eigenvalue weighted by Crippen LogP contribution is -2.33. The monoisotopic (exact) mass is 494 g/mol. The lowest BCUT2D eigenvalue weighted by molar-refractivity contribution is -0.143. The highest BCUT2D eigenvalue weighted by Gasteiger charge is 2.39. The number of carbonyl (C=O) groups is 1. The summed E-state index contributed by atoms with van der Waals surface area (Å²) >= 11 is 0. The number of hydrogen-bond acceptors (Lipinski definition) is 8. The van der Waals surface area contributed by atoms with Crippen LogP contribution < -0.4 is 16.3 Å². The third-order valence-electron chi connectivity index (χ3n) is 5.14. The summed E-state index contributed by atoms with van der Waals surface area (Å²) < 4.78 is 29.4. The minimum absolute atomic E-state index is 0.0570. The molecule has 0 bridgehead atoms. The molecule has 0 amide bonds. The average Bonchev–Trinajstić information content (AvgIpc) is 3.21. The number of nitrogens with one attached hydrogen (secondary N) is 2. The predicted octanol–water partition coefficient (Wildman–Crippen LogP) is 1.43. The lowest BCUT2D eigenvalue weighted by Gasteiger charge is -2.22. The molecule has 0 radical (unpaired) electrons. The van der Waals surface area contributed by atoms with Gasteiger partial charge in [-0.1, -0.05) is 35.4 Å². The van der Waals surface area contributed by atoms with Gasteiger partial charge in [0.05, 0.1) is 25.9 Å². The Hall–Kier alpha value is -3.25. The van der Waals surface area contributed by atoms with Crippen molar-refractivity contribution in [2.75, 3.05) is 13.7 Å². The van der Waals surface area contributed by atoms with Crippen molar-refractivity contribution < 1.29 is 28.3 Å². The summed E-state index contributed by atoms with van der Waals surface area (Å²) in [6, 6.07) is 6.03. The fourth-order valence-corrected chi connectivity index (χ4v) is 4.43. The van der Waals surface area contributed by atoms with E-state index in [0.717, 1.165) is 11.7 Å². The van der Waals surface area contributed by atoms with Gasteiger partial charge >= 0.3 is 19.4 Å². The van der Waals surface area contributed by atoms with Gasteiger partial charge < -0.3 is 14.4 Å². The van der Waals surface area contributed by atoms with Gasteiger partial charge in [-0.25, -0.2) is 19.2 Å². The highest BCUT2D eigenvalue weighted by atomic mass is 31.2. The van der Waals surface area contributed by atoms with E-state index in [-0.39, 0.29) is 12.0 Å². The van der Waals surface area contributed by atoms with Gasteiger partial charge in [0.1, 0.15) is 12.3 Å². The van der Waals surface area contributed by atoms with Crippen molar-refractivity contribution >= 4 is 13.7 Å². The average molecular weight is 494 g/mol. The summed E-state index contributed by atoms with van der Waals surface area (Å²) in [5.74, 6) is -0.805. The van der Waals surface area contributed by atoms with Gasteiger partial charge in [-0.15, -0.1) is 0 Å². The fraction of sp³-hybridized carbons (Fsp3) is 0.421. The molecule has 1 unspecified atom stereocenters. The molecule has 3 rings (SSSR count). The molecular weight excluding hydrogens is 471 g/mol. The molecule has 15 heteroatoms. The number of H-pyrrole nitrogens is 1. The number of methoxy groups -OCH3 is 1. The van der Waals surface area contributed by atoms with Gasteiger partial charge in [0, 0.05) is 23.1 Å². The maximum absolute atomic E-state index is 12.7. The van der Waals surface area contributed by atoms with E-state index in [2.05, 4.69) is 20.1 Å². The Morgan fingerprint density at radius 3 is 2.79 bits per heavy atom. The minimum atomic E-state index is -4.58. The molecule has 3 N–H and O–H groups in total. The summed E-state index contributed by atoms with van der Waals surface area (Å²) in [6.45, 7) is 1.01. The Kier molecular flexibility index (Phi) is 8.05. The first-order valence-electron chi connectivity index (χ1n) is 10.0. The zero-order valence-corrected chi connectivity index (χ0v) is 19.1. The van der Waals surface area contributed by atoms with Crippen molar-refractivity contribution in [3.05, 3.63) is 78.9 Å². The number of nitrogens with zero attached hydrogens (tertiary/aromatic N) is 4. The summed E-state index contributed by atoms with van der Waals surface area (Å²) in [5, 5.41) is 5.88. The van der Waals surface area contributed by atoms with Gasteiger partial charge in [-0.3, -0.25) is 18.9 Å². The molecule has 2 aromatic rings. The number of carbonyl (C=O) groups excluding carboxylic acids is 1. The number of esters is 1. The molecule has 1 aromatic carbocycles. The first-order valence-corrected chi connectivity index (χ1v) is 11.6. The molecule has 0 aliphatic carbocycles. The molecule has 1 saturated heterocycles. The smallest absolute Gasteiger partial charge is 0.404 e. The van der Waals surface area contributed by atoms with E-state index in [1.807, 2.05) is 0 Å². The first kappa shape index (κ1) is 25.4. The number of aromatic amines is 1. The van der Waals surface area contributed by atoms with Crippen LogP contribution in [0.3, 0.4) is 0 Å². The fourth-order valence-electron chi connectivity index (χ4n) is 3.43. The van der Waals surface area contributed by atoms with E-state index in [0.29, 0.717) is 5.56 Å². The summed E-state index contributed by atoms with van der Waals surface area (Å²) in [4.78, 5) is 51.2. The molecule has 5 atom stereocenters. The zero-order chi connectivity index (χ0) is 24.9. The molecule has 14 nitrogen and oxygen atoms in total. The Labute approximate surface area is 192 Å².